The Labute approximate surface area is 156 Å². The van der Waals surface area contributed by atoms with Crippen molar-refractivity contribution in [2.75, 3.05) is 13.2 Å². The first kappa shape index (κ1) is 24.1. The van der Waals surface area contributed by atoms with Gasteiger partial charge in [-0.25, -0.2) is 9.59 Å². The van der Waals surface area contributed by atoms with Crippen LogP contribution < -0.4 is 0 Å². The molecule has 0 saturated carbocycles. The number of carboxylic acids is 2. The highest BCUT2D eigenvalue weighted by Gasteiger charge is 2.16. The zero-order valence-corrected chi connectivity index (χ0v) is 14.0. The lowest BCUT2D eigenvalue weighted by molar-refractivity contribution is 0.0678. The number of aromatic carboxylic acids is 2. The third-order valence-corrected chi connectivity index (χ3v) is 2.69. The van der Waals surface area contributed by atoms with Crippen molar-refractivity contribution in [2.45, 2.75) is 0 Å². The molecule has 0 aliphatic carbocycles. The zero-order valence-electron chi connectivity index (χ0n) is 14.0. The summed E-state index contributed by atoms with van der Waals surface area (Å²) in [6, 6.07) is 3.35. The molecule has 2 rings (SSSR count). The van der Waals surface area contributed by atoms with Gasteiger partial charge in [0, 0.05) is 24.3 Å². The Hall–Kier alpha value is -3.90. The maximum absolute atomic E-state index is 10.4. The van der Waals surface area contributed by atoms with E-state index >= 15 is 0 Å². The highest BCUT2D eigenvalue weighted by atomic mass is 16.4. The Morgan fingerprint density at radius 1 is 0.571 bits per heavy atom. The van der Waals surface area contributed by atoms with Crippen LogP contribution in [0.3, 0.4) is 0 Å². The van der Waals surface area contributed by atoms with Crippen molar-refractivity contribution in [3.8, 4) is 34.5 Å². The predicted octanol–water partition coefficient (Wildman–Crippen LogP) is -0.0258. The van der Waals surface area contributed by atoms with E-state index in [4.69, 9.17) is 51.1 Å². The second-order valence-electron chi connectivity index (χ2n) is 4.78. The van der Waals surface area contributed by atoms with E-state index in [-0.39, 0.29) is 13.2 Å². The minimum Gasteiger partial charge on any atom is -0.508 e. The molecule has 0 spiro atoms. The highest BCUT2D eigenvalue weighted by molar-refractivity contribution is 5.94. The van der Waals surface area contributed by atoms with E-state index < -0.39 is 57.6 Å². The van der Waals surface area contributed by atoms with Crippen LogP contribution in [0.1, 0.15) is 20.7 Å². The van der Waals surface area contributed by atoms with Crippen LogP contribution in [0.2, 0.25) is 0 Å². The van der Waals surface area contributed by atoms with E-state index in [0.29, 0.717) is 0 Å². The molecule has 0 aliphatic heterocycles. The van der Waals surface area contributed by atoms with Gasteiger partial charge in [-0.2, -0.15) is 0 Å². The van der Waals surface area contributed by atoms with Crippen molar-refractivity contribution >= 4 is 11.9 Å². The average molecular weight is 402 g/mol. The van der Waals surface area contributed by atoms with Gasteiger partial charge in [-0.05, 0) is 0 Å². The van der Waals surface area contributed by atoms with Crippen LogP contribution in [0.25, 0.3) is 0 Å². The number of hydrogen-bond acceptors (Lipinski definition) is 10. The van der Waals surface area contributed by atoms with Gasteiger partial charge >= 0.3 is 11.9 Å². The van der Waals surface area contributed by atoms with Crippen molar-refractivity contribution in [2.24, 2.45) is 0 Å². The van der Waals surface area contributed by atoms with Crippen LogP contribution in [0.5, 0.6) is 34.5 Å². The molecule has 0 radical (unpaired) electrons. The van der Waals surface area contributed by atoms with Gasteiger partial charge in [0.2, 0.25) is 0 Å². The van der Waals surface area contributed by atoms with E-state index in [1.165, 1.54) is 0 Å². The summed E-state index contributed by atoms with van der Waals surface area (Å²) >= 11 is 0. The maximum Gasteiger partial charge on any atom is 0.343 e. The second-order valence-corrected chi connectivity index (χ2v) is 4.78. The molecular weight excluding hydrogens is 384 g/mol. The molecular formula is C16H18O12. The summed E-state index contributed by atoms with van der Waals surface area (Å²) in [5.74, 6) is -6.36. The predicted molar refractivity (Wildman–Crippen MR) is 91.0 cm³/mol. The van der Waals surface area contributed by atoms with Gasteiger partial charge in [0.05, 0.1) is 13.2 Å². The molecule has 12 nitrogen and oxygen atoms in total. The molecule has 2 aromatic rings. The number of phenols is 6. The first-order valence-corrected chi connectivity index (χ1v) is 7.14. The lowest BCUT2D eigenvalue weighted by Crippen LogP contribution is -1.96. The van der Waals surface area contributed by atoms with Crippen LogP contribution in [-0.2, 0) is 0 Å². The standard InChI is InChI=1S/2C7H6O5.C2H6O2/c2*8-3-1-4(9)6(7(11)12)5(10)2-3;3-1-2-4/h2*1-2,8-10H,(H,11,12);3-4H,1-2H2. The number of carbonyl (C=O) groups is 2. The minimum atomic E-state index is -1.45. The van der Waals surface area contributed by atoms with Crippen molar-refractivity contribution in [1.82, 2.24) is 0 Å². The zero-order chi connectivity index (χ0) is 22.0. The first-order chi connectivity index (χ1) is 13.0. The summed E-state index contributed by atoms with van der Waals surface area (Å²) < 4.78 is 0. The molecule has 154 valence electrons. The molecule has 0 atom stereocenters. The molecule has 0 saturated heterocycles. The van der Waals surface area contributed by atoms with Gasteiger partial charge in [0.25, 0.3) is 0 Å². The van der Waals surface area contributed by atoms with Crippen molar-refractivity contribution in [3.63, 3.8) is 0 Å². The fraction of sp³-hybridized carbons (Fsp3) is 0.125. The highest BCUT2D eigenvalue weighted by Crippen LogP contribution is 2.32. The monoisotopic (exact) mass is 402 g/mol. The van der Waals surface area contributed by atoms with E-state index in [1.54, 1.807) is 0 Å². The number of phenolic OH excluding ortho intramolecular Hbond substituents is 2. The molecule has 2 aromatic carbocycles. The van der Waals surface area contributed by atoms with Crippen molar-refractivity contribution in [1.29, 1.82) is 0 Å². The Morgan fingerprint density at radius 3 is 0.929 bits per heavy atom. The van der Waals surface area contributed by atoms with Gasteiger partial charge < -0.3 is 51.1 Å². The minimum absolute atomic E-state index is 0.125. The number of hydrogen-bond donors (Lipinski definition) is 10. The third-order valence-electron chi connectivity index (χ3n) is 2.69. The number of carboxylic acid groups (broad SMARTS) is 2. The number of aromatic hydroxyl groups is 6. The quantitative estimate of drug-likeness (QED) is 0.326. The molecule has 0 heterocycles. The molecule has 0 aromatic heterocycles. The fourth-order valence-electron chi connectivity index (χ4n) is 1.63. The SMILES string of the molecule is O=C(O)c1c(O)cc(O)cc1O.O=C(O)c1c(O)cc(O)cc1O.OCCO. The number of benzene rings is 2. The lowest BCUT2D eigenvalue weighted by Gasteiger charge is -2.02. The number of aliphatic hydroxyl groups excluding tert-OH is 2. The van der Waals surface area contributed by atoms with E-state index in [9.17, 15) is 9.59 Å². The van der Waals surface area contributed by atoms with E-state index in [1.807, 2.05) is 0 Å². The lowest BCUT2D eigenvalue weighted by atomic mass is 10.1. The van der Waals surface area contributed by atoms with Gasteiger partial charge in [0.1, 0.15) is 45.6 Å². The summed E-state index contributed by atoms with van der Waals surface area (Å²) in [7, 11) is 0. The first-order valence-electron chi connectivity index (χ1n) is 7.14. The largest absolute Gasteiger partial charge is 0.508 e. The molecule has 12 heteroatoms. The molecule has 0 aliphatic rings. The smallest absolute Gasteiger partial charge is 0.343 e. The Balaban J connectivity index is 0.000000439. The maximum atomic E-state index is 10.4. The fourth-order valence-corrected chi connectivity index (χ4v) is 1.63. The number of rotatable bonds is 3. The van der Waals surface area contributed by atoms with Gasteiger partial charge in [-0.15, -0.1) is 0 Å². The van der Waals surface area contributed by atoms with Crippen LogP contribution in [0.4, 0.5) is 0 Å². The molecule has 0 fully saturated rings. The van der Waals surface area contributed by atoms with Gasteiger partial charge in [0.15, 0.2) is 0 Å². The van der Waals surface area contributed by atoms with E-state index in [0.717, 1.165) is 24.3 Å². The number of aliphatic hydroxyl groups is 2. The molecule has 0 unspecified atom stereocenters. The molecule has 0 amide bonds. The summed E-state index contributed by atoms with van der Waals surface area (Å²) in [4.78, 5) is 20.7. The van der Waals surface area contributed by atoms with Crippen LogP contribution in [-0.4, -0.2) is 76.2 Å². The summed E-state index contributed by atoms with van der Waals surface area (Å²) in [6.07, 6.45) is 0. The molecule has 10 N–H and O–H groups in total. The molecule has 0 bridgehead atoms. The van der Waals surface area contributed by atoms with Crippen LogP contribution in [0, 0.1) is 0 Å². The third kappa shape index (κ3) is 7.15. The van der Waals surface area contributed by atoms with Gasteiger partial charge in [-0.1, -0.05) is 0 Å². The second kappa shape index (κ2) is 10.9. The Bertz CT molecular complexity index is 715. The Morgan fingerprint density at radius 2 is 0.786 bits per heavy atom. The summed E-state index contributed by atoms with van der Waals surface area (Å²) in [5.41, 5.74) is -1.24. The normalized spacial score (nSPS) is 9.36. The van der Waals surface area contributed by atoms with E-state index in [2.05, 4.69) is 0 Å². The van der Waals surface area contributed by atoms with Crippen molar-refractivity contribution < 1.29 is 60.7 Å². The summed E-state index contributed by atoms with van der Waals surface area (Å²) in [6.45, 7) is -0.250. The Kier molecular flexibility index (Phi) is 9.42. The van der Waals surface area contributed by atoms with Crippen LogP contribution in [0.15, 0.2) is 24.3 Å². The van der Waals surface area contributed by atoms with Crippen LogP contribution >= 0.6 is 0 Å². The van der Waals surface area contributed by atoms with Crippen molar-refractivity contribution in [3.05, 3.63) is 35.4 Å². The molecule has 28 heavy (non-hydrogen) atoms. The summed E-state index contributed by atoms with van der Waals surface area (Å²) in [5, 5.41) is 85.5. The topological polar surface area (TPSA) is 236 Å². The van der Waals surface area contributed by atoms with Gasteiger partial charge in [-0.3, -0.25) is 0 Å². The average Bonchev–Trinajstić information content (AvgIpc) is 2.52.